The molecule has 0 aliphatic heterocycles. The van der Waals surface area contributed by atoms with Crippen molar-refractivity contribution in [2.24, 2.45) is 22.9 Å². The van der Waals surface area contributed by atoms with E-state index in [0.29, 0.717) is 0 Å². The molecule has 0 saturated heterocycles. The summed E-state index contributed by atoms with van der Waals surface area (Å²) in [5.74, 6) is -6.25. The summed E-state index contributed by atoms with van der Waals surface area (Å²) >= 11 is 0. The molecule has 0 rings (SSSR count). The molecule has 0 spiro atoms. The van der Waals surface area contributed by atoms with Crippen molar-refractivity contribution in [3.63, 3.8) is 0 Å². The van der Waals surface area contributed by atoms with Gasteiger partial charge in [0.2, 0.25) is 0 Å². The molecule has 0 unspecified atom stereocenters. The molecule has 0 fully saturated rings. The molecule has 0 aromatic rings. The number of carbonyl (C=O) groups is 4. The molecule has 25 nitrogen and oxygen atoms in total. The number of quaternary nitrogens is 1. The van der Waals surface area contributed by atoms with Crippen molar-refractivity contribution in [2.75, 3.05) is 26.2 Å². The summed E-state index contributed by atoms with van der Waals surface area (Å²) in [6, 6.07) is 0. The van der Waals surface area contributed by atoms with Gasteiger partial charge in [-0.05, 0) is 51.4 Å². The number of nitrogens with one attached hydrogen (secondary N) is 16. The van der Waals surface area contributed by atoms with Gasteiger partial charge in [-0.2, -0.15) is 0 Å². The highest BCUT2D eigenvalue weighted by Crippen LogP contribution is 2.01. The van der Waals surface area contributed by atoms with Crippen molar-refractivity contribution in [3.05, 3.63) is 0 Å². The molecule has 25 heteroatoms. The Morgan fingerprint density at radius 2 is 0.571 bits per heavy atom. The Balaban J connectivity index is 6.39. The van der Waals surface area contributed by atoms with E-state index in [2.05, 4.69) is 43.0 Å². The van der Waals surface area contributed by atoms with Crippen LogP contribution in [0.3, 0.4) is 0 Å². The first kappa shape index (κ1) is 42.6. The van der Waals surface area contributed by atoms with Crippen LogP contribution < -0.4 is 65.9 Å². The van der Waals surface area contributed by atoms with Crippen LogP contribution in [-0.4, -0.2) is 101 Å². The summed E-state index contributed by atoms with van der Waals surface area (Å²) in [6.45, 7) is 0.485. The van der Waals surface area contributed by atoms with E-state index in [1.54, 1.807) is 0 Å². The molecule has 0 aliphatic rings. The zero-order chi connectivity index (χ0) is 37.6. The fraction of sp³-hybridized carbons (Fsp3) is 0.500. The Labute approximate surface area is 281 Å². The Hall–Kier alpha value is -6.40. The molecule has 49 heavy (non-hydrogen) atoms. The molecule has 0 saturated carbocycles. The molecule has 0 aromatic heterocycles. The van der Waals surface area contributed by atoms with Crippen molar-refractivity contribution >= 4 is 70.3 Å². The zero-order valence-corrected chi connectivity index (χ0v) is 26.9. The Bertz CT molecular complexity index is 1110. The third-order valence-corrected chi connectivity index (χ3v) is 5.85. The summed E-state index contributed by atoms with van der Waals surface area (Å²) in [7, 11) is 0. The average molecular weight is 695 g/mol. The standard InChI is InChI=1S/C24H47N21O4/c25-13(5-1-9-37-21(29)30)17(46)41-45(42-18(47)14(26)6-2-10-38-22(31)32,43-19(48)15(27)7-3-11-39-23(33)34)44-20(49)16(28)8-4-12-40-24(35)36/h25-28H,1-12H2,(H19-,29,30,31,32,33,34,35,36,37,38,39,40,41,42,43,44,46,47,48,49)/p+1. The van der Waals surface area contributed by atoms with Gasteiger partial charge in [0, 0.05) is 26.2 Å². The minimum absolute atomic E-state index is 0.121. The summed E-state index contributed by atoms with van der Waals surface area (Å²) in [4.78, 5) is 50.9. The lowest BCUT2D eigenvalue weighted by Crippen LogP contribution is -2.84. The van der Waals surface area contributed by atoms with Gasteiger partial charge in [0.25, 0.3) is 0 Å². The number of rotatable bonds is 24. The van der Waals surface area contributed by atoms with Crippen LogP contribution in [0.1, 0.15) is 51.4 Å². The van der Waals surface area contributed by atoms with Gasteiger partial charge in [-0.3, -0.25) is 62.5 Å². The Kier molecular flexibility index (Phi) is 19.3. The van der Waals surface area contributed by atoms with Crippen LogP contribution in [0.25, 0.3) is 0 Å². The lowest BCUT2D eigenvalue weighted by atomic mass is 10.2. The highest BCUT2D eigenvalue weighted by molar-refractivity contribution is 6.39. The van der Waals surface area contributed by atoms with Crippen LogP contribution in [0.2, 0.25) is 0 Å². The molecule has 0 heterocycles. The van der Waals surface area contributed by atoms with Gasteiger partial charge in [-0.25, -0.2) is 0 Å². The molecule has 0 aliphatic carbocycles. The van der Waals surface area contributed by atoms with Crippen molar-refractivity contribution in [3.8, 4) is 0 Å². The Morgan fingerprint density at radius 3 is 0.735 bits per heavy atom. The van der Waals surface area contributed by atoms with Crippen molar-refractivity contribution in [2.45, 2.75) is 51.4 Å². The average Bonchev–Trinajstić information content (AvgIpc) is 3.00. The number of hydrogen-bond acceptors (Lipinski definition) is 12. The minimum atomic E-state index is -1.86. The maximum Gasteiger partial charge on any atom is 0.316 e. The van der Waals surface area contributed by atoms with E-state index < -0.39 is 51.4 Å². The summed E-state index contributed by atoms with van der Waals surface area (Å²) in [5.41, 5.74) is 26.9. The van der Waals surface area contributed by atoms with Crippen LogP contribution in [0.4, 0.5) is 0 Å². The van der Waals surface area contributed by atoms with Gasteiger partial charge < -0.3 is 44.2 Å². The zero-order valence-electron chi connectivity index (χ0n) is 26.9. The highest BCUT2D eigenvalue weighted by atomic mass is 16.3. The van der Waals surface area contributed by atoms with E-state index in [4.69, 9.17) is 66.2 Å². The lowest BCUT2D eigenvalue weighted by molar-refractivity contribution is -1.05. The molecule has 24 N–H and O–H groups in total. The van der Waals surface area contributed by atoms with Crippen molar-refractivity contribution in [1.29, 1.82) is 43.3 Å². The van der Waals surface area contributed by atoms with Crippen LogP contribution in [0.15, 0.2) is 0 Å². The third kappa shape index (κ3) is 19.7. The van der Waals surface area contributed by atoms with Gasteiger partial charge in [0.05, 0.1) is 4.92 Å². The normalized spacial score (nSPS) is 11.3. The largest absolute Gasteiger partial charge is 0.370 e. The van der Waals surface area contributed by atoms with Crippen molar-refractivity contribution in [1.82, 2.24) is 43.0 Å². The van der Waals surface area contributed by atoms with E-state index in [1.165, 1.54) is 0 Å². The monoisotopic (exact) mass is 694 g/mol. The second kappa shape index (κ2) is 22.2. The number of guanidine groups is 4. The minimum Gasteiger partial charge on any atom is -0.370 e. The van der Waals surface area contributed by atoms with E-state index in [-0.39, 0.29) is 101 Å². The SMILES string of the molecule is N=C(N)NCCCC(=N)C(=O)N[N+](NC(=O)C(=N)CCCNC(=N)N)(NC(=O)C(=N)CCCNC(=N)N)NC(=O)C(=N)CCCNC(=N)N. The van der Waals surface area contributed by atoms with Crippen molar-refractivity contribution < 1.29 is 24.1 Å². The molecular weight excluding hydrogens is 646 g/mol. The first-order valence-electron chi connectivity index (χ1n) is 14.7. The predicted molar refractivity (Wildman–Crippen MR) is 180 cm³/mol. The quantitative estimate of drug-likeness (QED) is 0.0149. The summed E-state index contributed by atoms with van der Waals surface area (Å²) in [5, 5.41) is 71.6. The predicted octanol–water partition coefficient (Wildman–Crippen LogP) is -4.94. The van der Waals surface area contributed by atoms with Crippen LogP contribution in [0.5, 0.6) is 0 Å². The summed E-state index contributed by atoms with van der Waals surface area (Å²) in [6.07, 6.45) is -0.196. The molecule has 272 valence electrons. The van der Waals surface area contributed by atoms with E-state index in [9.17, 15) is 19.2 Å². The molecule has 0 aromatic carbocycles. The molecule has 0 radical (unpaired) electrons. The van der Waals surface area contributed by atoms with Crippen LogP contribution >= 0.6 is 0 Å². The van der Waals surface area contributed by atoms with E-state index in [1.807, 2.05) is 0 Å². The first-order chi connectivity index (χ1) is 22.9. The van der Waals surface area contributed by atoms with Crippen LogP contribution in [0, 0.1) is 43.3 Å². The molecule has 0 bridgehead atoms. The molecule has 0 atom stereocenters. The van der Waals surface area contributed by atoms with Gasteiger partial charge >= 0.3 is 23.6 Å². The maximum atomic E-state index is 13.2. The molecular formula is C24H48N21O4+. The van der Waals surface area contributed by atoms with Gasteiger partial charge in [0.15, 0.2) is 23.8 Å². The third-order valence-electron chi connectivity index (χ3n) is 5.85. The van der Waals surface area contributed by atoms with Gasteiger partial charge in [0.1, 0.15) is 22.8 Å². The smallest absolute Gasteiger partial charge is 0.316 e. The Morgan fingerprint density at radius 1 is 0.388 bits per heavy atom. The second-order valence-corrected chi connectivity index (χ2v) is 10.1. The number of nitrogens with two attached hydrogens (primary N) is 4. The highest BCUT2D eigenvalue weighted by Gasteiger charge is 2.41. The topological polar surface area (TPSA) is 459 Å². The summed E-state index contributed by atoms with van der Waals surface area (Å²) < 4.78 is 0. The number of amides is 4. The molecule has 4 amide bonds. The number of nitrogens with zero attached hydrogens (tertiary/aromatic N) is 1. The fourth-order valence-corrected chi connectivity index (χ4v) is 3.45. The number of hydrogen-bond donors (Lipinski definition) is 20. The fourth-order valence-electron chi connectivity index (χ4n) is 3.45. The second-order valence-electron chi connectivity index (χ2n) is 10.1. The first-order valence-corrected chi connectivity index (χ1v) is 14.7. The lowest BCUT2D eigenvalue weighted by Gasteiger charge is -2.33. The van der Waals surface area contributed by atoms with Crippen LogP contribution in [-0.2, 0) is 19.2 Å². The number of carbonyl (C=O) groups excluding carboxylic acids is 4. The van der Waals surface area contributed by atoms with E-state index in [0.717, 1.165) is 0 Å². The van der Waals surface area contributed by atoms with Gasteiger partial charge in [-0.15, -0.1) is 21.7 Å². The van der Waals surface area contributed by atoms with E-state index >= 15 is 0 Å². The maximum absolute atomic E-state index is 13.2. The van der Waals surface area contributed by atoms with Gasteiger partial charge in [-0.1, -0.05) is 0 Å².